The second-order valence-electron chi connectivity index (χ2n) is 4.75. The van der Waals surface area contributed by atoms with Gasteiger partial charge in [0.15, 0.2) is 11.5 Å². The summed E-state index contributed by atoms with van der Waals surface area (Å²) >= 11 is 1.67. The number of nitrogens with one attached hydrogen (secondary N) is 1. The topological polar surface area (TPSA) is 71.2 Å². The molecule has 4 heterocycles. The number of nitrogens with zero attached hydrogens (tertiary/aromatic N) is 6. The molecule has 1 saturated heterocycles. The molecular formula is C12H13N7S. The van der Waals surface area contributed by atoms with Crippen molar-refractivity contribution < 1.29 is 0 Å². The molecule has 1 aliphatic rings. The molecule has 4 rings (SSSR count). The number of thiophene rings is 1. The lowest BCUT2D eigenvalue weighted by atomic mass is 10.1. The fourth-order valence-electron chi connectivity index (χ4n) is 2.40. The summed E-state index contributed by atoms with van der Waals surface area (Å²) in [6.07, 6.45) is 1.72. The number of aromatic nitrogens is 5. The Balaban J connectivity index is 1.86. The van der Waals surface area contributed by atoms with Crippen LogP contribution in [0.2, 0.25) is 0 Å². The van der Waals surface area contributed by atoms with Crippen molar-refractivity contribution >= 4 is 22.8 Å². The molecule has 102 valence electrons. The molecular weight excluding hydrogens is 274 g/mol. The van der Waals surface area contributed by atoms with E-state index >= 15 is 0 Å². The van der Waals surface area contributed by atoms with Crippen LogP contribution in [0.15, 0.2) is 23.7 Å². The molecule has 0 aliphatic carbocycles. The Kier molecular flexibility index (Phi) is 2.64. The second-order valence-corrected chi connectivity index (χ2v) is 5.69. The van der Waals surface area contributed by atoms with E-state index in [1.54, 1.807) is 22.0 Å². The van der Waals surface area contributed by atoms with Crippen molar-refractivity contribution in [3.63, 3.8) is 0 Å². The van der Waals surface area contributed by atoms with Gasteiger partial charge in [0.25, 0.3) is 0 Å². The van der Waals surface area contributed by atoms with Gasteiger partial charge < -0.3 is 10.2 Å². The highest BCUT2D eigenvalue weighted by molar-refractivity contribution is 7.13. The first-order chi connectivity index (χ1) is 9.86. The largest absolute Gasteiger partial charge is 0.352 e. The zero-order chi connectivity index (χ0) is 13.5. The summed E-state index contributed by atoms with van der Waals surface area (Å²) in [6, 6.07) is 4.62. The lowest BCUT2D eigenvalue weighted by Gasteiger charge is -2.40. The van der Waals surface area contributed by atoms with E-state index in [1.807, 2.05) is 13.1 Å². The zero-order valence-corrected chi connectivity index (χ0v) is 11.7. The maximum Gasteiger partial charge on any atom is 0.198 e. The minimum absolute atomic E-state index is 0.526. The van der Waals surface area contributed by atoms with Crippen LogP contribution in [0.3, 0.4) is 0 Å². The molecule has 0 unspecified atom stereocenters. The van der Waals surface area contributed by atoms with Crippen molar-refractivity contribution in [3.8, 4) is 10.6 Å². The van der Waals surface area contributed by atoms with E-state index in [-0.39, 0.29) is 0 Å². The van der Waals surface area contributed by atoms with Gasteiger partial charge in [0.2, 0.25) is 0 Å². The fourth-order valence-corrected chi connectivity index (χ4v) is 3.15. The molecule has 3 aromatic rings. The van der Waals surface area contributed by atoms with Crippen LogP contribution in [0.25, 0.3) is 16.2 Å². The number of anilines is 1. The fraction of sp³-hybridized carbons (Fsp3) is 0.333. The van der Waals surface area contributed by atoms with Gasteiger partial charge in [0.05, 0.1) is 11.1 Å². The molecule has 0 aromatic carbocycles. The molecule has 20 heavy (non-hydrogen) atoms. The monoisotopic (exact) mass is 287 g/mol. The number of hydrogen-bond acceptors (Lipinski definition) is 7. The summed E-state index contributed by atoms with van der Waals surface area (Å²) in [5.41, 5.74) is 1.64. The summed E-state index contributed by atoms with van der Waals surface area (Å²) in [5.74, 6) is 0.943. The number of tetrazole rings is 1. The van der Waals surface area contributed by atoms with Crippen LogP contribution >= 0.6 is 11.3 Å². The third-order valence-corrected chi connectivity index (χ3v) is 4.44. The van der Waals surface area contributed by atoms with Gasteiger partial charge in [-0.15, -0.1) is 16.4 Å². The van der Waals surface area contributed by atoms with Gasteiger partial charge in [0, 0.05) is 19.1 Å². The average Bonchev–Trinajstić information content (AvgIpc) is 3.08. The molecule has 3 aromatic heterocycles. The van der Waals surface area contributed by atoms with E-state index < -0.39 is 0 Å². The van der Waals surface area contributed by atoms with E-state index in [2.05, 4.69) is 42.2 Å². The molecule has 1 aliphatic heterocycles. The highest BCUT2D eigenvalue weighted by Crippen LogP contribution is 2.33. The molecule has 0 radical (unpaired) electrons. The first-order valence-electron chi connectivity index (χ1n) is 6.40. The van der Waals surface area contributed by atoms with Gasteiger partial charge in [-0.2, -0.15) is 4.52 Å². The molecule has 1 fully saturated rings. The first kappa shape index (κ1) is 11.7. The van der Waals surface area contributed by atoms with Crippen LogP contribution < -0.4 is 10.2 Å². The van der Waals surface area contributed by atoms with E-state index in [9.17, 15) is 0 Å². The van der Waals surface area contributed by atoms with Gasteiger partial charge in [0.1, 0.15) is 5.69 Å². The third-order valence-electron chi connectivity index (χ3n) is 3.56. The van der Waals surface area contributed by atoms with E-state index in [0.29, 0.717) is 11.7 Å². The Labute approximate surface area is 119 Å². The second kappa shape index (κ2) is 4.50. The molecule has 1 N–H and O–H groups in total. The van der Waals surface area contributed by atoms with E-state index in [4.69, 9.17) is 0 Å². The first-order valence-corrected chi connectivity index (χ1v) is 7.28. The van der Waals surface area contributed by atoms with Crippen molar-refractivity contribution in [1.82, 2.24) is 30.3 Å². The number of hydrogen-bond donors (Lipinski definition) is 1. The Morgan fingerprint density at radius 3 is 3.05 bits per heavy atom. The smallest absolute Gasteiger partial charge is 0.198 e. The number of rotatable bonds is 3. The highest BCUT2D eigenvalue weighted by Gasteiger charge is 2.30. The van der Waals surface area contributed by atoms with Crippen molar-refractivity contribution in [2.24, 2.45) is 0 Å². The molecule has 8 heteroatoms. The van der Waals surface area contributed by atoms with Gasteiger partial charge in [-0.25, -0.2) is 4.98 Å². The van der Waals surface area contributed by atoms with Crippen LogP contribution in [-0.2, 0) is 0 Å². The van der Waals surface area contributed by atoms with Crippen LogP contribution in [-0.4, -0.2) is 51.2 Å². The molecule has 0 atom stereocenters. The molecule has 0 spiro atoms. The average molecular weight is 287 g/mol. The zero-order valence-electron chi connectivity index (χ0n) is 10.9. The SMILES string of the molecule is CNC1CN(c2ncc3nnnn3c2-c2cccs2)C1. The minimum Gasteiger partial charge on any atom is -0.352 e. The molecule has 0 bridgehead atoms. The Morgan fingerprint density at radius 2 is 2.30 bits per heavy atom. The summed E-state index contributed by atoms with van der Waals surface area (Å²) in [6.45, 7) is 1.91. The standard InChI is InChI=1S/C12H13N7S/c1-13-8-6-18(7-8)12-11(9-3-2-4-20-9)19-10(5-14-12)15-16-17-19/h2-5,8,13H,6-7H2,1H3. The summed E-state index contributed by atoms with van der Waals surface area (Å²) in [4.78, 5) is 7.94. The van der Waals surface area contributed by atoms with Gasteiger partial charge >= 0.3 is 0 Å². The maximum atomic E-state index is 4.57. The highest BCUT2D eigenvalue weighted by atomic mass is 32.1. The van der Waals surface area contributed by atoms with Crippen LogP contribution in [0.5, 0.6) is 0 Å². The van der Waals surface area contributed by atoms with Gasteiger partial charge in [-0.05, 0) is 28.9 Å². The van der Waals surface area contributed by atoms with E-state index in [0.717, 1.165) is 29.5 Å². The van der Waals surface area contributed by atoms with Crippen LogP contribution in [0.1, 0.15) is 0 Å². The minimum atomic E-state index is 0.526. The molecule has 7 nitrogen and oxygen atoms in total. The van der Waals surface area contributed by atoms with Gasteiger partial charge in [-0.3, -0.25) is 0 Å². The van der Waals surface area contributed by atoms with Crippen molar-refractivity contribution in [1.29, 1.82) is 0 Å². The normalized spacial score (nSPS) is 15.8. The summed E-state index contributed by atoms with van der Waals surface area (Å²) < 4.78 is 1.76. The quantitative estimate of drug-likeness (QED) is 0.763. The summed E-state index contributed by atoms with van der Waals surface area (Å²) in [7, 11) is 1.99. The third kappa shape index (κ3) is 1.69. The Hall–Kier alpha value is -2.06. The summed E-state index contributed by atoms with van der Waals surface area (Å²) in [5, 5.41) is 17.1. The number of likely N-dealkylation sites (N-methyl/N-ethyl adjacent to an activating group) is 1. The van der Waals surface area contributed by atoms with E-state index in [1.165, 1.54) is 0 Å². The lowest BCUT2D eigenvalue weighted by Crippen LogP contribution is -2.57. The Morgan fingerprint density at radius 1 is 1.40 bits per heavy atom. The number of fused-ring (bicyclic) bond motifs is 1. The maximum absolute atomic E-state index is 4.57. The van der Waals surface area contributed by atoms with Crippen LogP contribution in [0, 0.1) is 0 Å². The molecule has 0 saturated carbocycles. The molecule has 0 amide bonds. The van der Waals surface area contributed by atoms with Crippen molar-refractivity contribution in [2.75, 3.05) is 25.0 Å². The Bertz CT molecular complexity index is 729. The predicted octanol–water partition coefficient (Wildman–Crippen LogP) is 0.656. The van der Waals surface area contributed by atoms with Gasteiger partial charge in [-0.1, -0.05) is 6.07 Å². The predicted molar refractivity (Wildman–Crippen MR) is 77.0 cm³/mol. The van der Waals surface area contributed by atoms with Crippen LogP contribution in [0.4, 0.5) is 5.82 Å². The van der Waals surface area contributed by atoms with Crippen molar-refractivity contribution in [3.05, 3.63) is 23.7 Å². The lowest BCUT2D eigenvalue weighted by molar-refractivity contribution is 0.447. The van der Waals surface area contributed by atoms with Crippen molar-refractivity contribution in [2.45, 2.75) is 6.04 Å².